The molecule has 0 saturated heterocycles. The highest BCUT2D eigenvalue weighted by Gasteiger charge is 2.13. The van der Waals surface area contributed by atoms with E-state index in [-0.39, 0.29) is 11.9 Å². The molecule has 0 N–H and O–H groups in total. The van der Waals surface area contributed by atoms with Crippen LogP contribution < -0.4 is 0 Å². The predicted molar refractivity (Wildman–Crippen MR) is 63.1 cm³/mol. The second-order valence-corrected chi connectivity index (χ2v) is 4.27. The van der Waals surface area contributed by atoms with E-state index in [1.165, 1.54) is 0 Å². The Labute approximate surface area is 95.8 Å². The van der Waals surface area contributed by atoms with Crippen LogP contribution >= 0.6 is 11.6 Å². The van der Waals surface area contributed by atoms with Gasteiger partial charge in [-0.2, -0.15) is 0 Å². The lowest BCUT2D eigenvalue weighted by atomic mass is 10.1. The smallest absolute Gasteiger partial charge is 0.227 e. The number of benzene rings is 1. The number of likely N-dealkylation sites (N-methyl/N-ethyl adjacent to an activating group) is 1. The van der Waals surface area contributed by atoms with Crippen molar-refractivity contribution in [2.45, 2.75) is 26.3 Å². The summed E-state index contributed by atoms with van der Waals surface area (Å²) in [5.74, 6) is 0.0955. The van der Waals surface area contributed by atoms with Crippen molar-refractivity contribution in [2.24, 2.45) is 0 Å². The van der Waals surface area contributed by atoms with Gasteiger partial charge in [-0.3, -0.25) is 4.79 Å². The molecule has 1 rings (SSSR count). The van der Waals surface area contributed by atoms with Crippen LogP contribution in [0.25, 0.3) is 0 Å². The van der Waals surface area contributed by atoms with E-state index in [0.29, 0.717) is 11.4 Å². The Hall–Kier alpha value is -1.02. The van der Waals surface area contributed by atoms with E-state index in [1.807, 2.05) is 39.1 Å². The highest BCUT2D eigenvalue weighted by atomic mass is 35.5. The number of carbonyl (C=O) groups excluding carboxylic acids is 1. The molecular weight excluding hydrogens is 210 g/mol. The highest BCUT2D eigenvalue weighted by molar-refractivity contribution is 6.31. The topological polar surface area (TPSA) is 20.3 Å². The third kappa shape index (κ3) is 3.24. The van der Waals surface area contributed by atoms with Crippen molar-refractivity contribution in [3.05, 3.63) is 34.9 Å². The maximum absolute atomic E-state index is 11.8. The van der Waals surface area contributed by atoms with Gasteiger partial charge in [0.25, 0.3) is 0 Å². The molecule has 0 saturated carbocycles. The Balaban J connectivity index is 2.71. The first-order valence-corrected chi connectivity index (χ1v) is 5.39. The van der Waals surface area contributed by atoms with Gasteiger partial charge in [0.05, 0.1) is 6.42 Å². The molecule has 3 heteroatoms. The van der Waals surface area contributed by atoms with Crippen molar-refractivity contribution in [3.8, 4) is 0 Å². The maximum atomic E-state index is 11.8. The van der Waals surface area contributed by atoms with E-state index in [0.717, 1.165) is 5.56 Å². The number of hydrogen-bond donors (Lipinski definition) is 0. The van der Waals surface area contributed by atoms with E-state index >= 15 is 0 Å². The van der Waals surface area contributed by atoms with Crippen LogP contribution in [0.3, 0.4) is 0 Å². The average Bonchev–Trinajstić information content (AvgIpc) is 2.20. The maximum Gasteiger partial charge on any atom is 0.227 e. The molecule has 0 aliphatic rings. The molecule has 0 radical (unpaired) electrons. The molecule has 0 atom stereocenters. The number of carbonyl (C=O) groups is 1. The lowest BCUT2D eigenvalue weighted by molar-refractivity contribution is -0.130. The zero-order valence-corrected chi connectivity index (χ0v) is 10.1. The van der Waals surface area contributed by atoms with Gasteiger partial charge in [-0.15, -0.1) is 0 Å². The van der Waals surface area contributed by atoms with Gasteiger partial charge in [0.1, 0.15) is 0 Å². The molecule has 0 aliphatic heterocycles. The first kappa shape index (κ1) is 12.1. The van der Waals surface area contributed by atoms with Crippen LogP contribution in [0.1, 0.15) is 19.4 Å². The predicted octanol–water partition coefficient (Wildman–Crippen LogP) is 2.75. The summed E-state index contributed by atoms with van der Waals surface area (Å²) in [6.45, 7) is 3.98. The van der Waals surface area contributed by atoms with Crippen LogP contribution in [0, 0.1) is 0 Å². The zero-order valence-electron chi connectivity index (χ0n) is 9.33. The fourth-order valence-corrected chi connectivity index (χ4v) is 1.42. The van der Waals surface area contributed by atoms with Crippen molar-refractivity contribution in [3.63, 3.8) is 0 Å². The molecule has 0 fully saturated rings. The van der Waals surface area contributed by atoms with Gasteiger partial charge in [-0.25, -0.2) is 0 Å². The Kier molecular flexibility index (Phi) is 4.15. The molecule has 2 nitrogen and oxygen atoms in total. The van der Waals surface area contributed by atoms with E-state index < -0.39 is 0 Å². The van der Waals surface area contributed by atoms with E-state index in [1.54, 1.807) is 11.0 Å². The lowest BCUT2D eigenvalue weighted by Gasteiger charge is -2.21. The largest absolute Gasteiger partial charge is 0.343 e. The summed E-state index contributed by atoms with van der Waals surface area (Å²) < 4.78 is 0. The minimum atomic E-state index is 0.0955. The van der Waals surface area contributed by atoms with Crippen molar-refractivity contribution in [2.75, 3.05) is 7.05 Å². The summed E-state index contributed by atoms with van der Waals surface area (Å²) in [6.07, 6.45) is 0.369. The van der Waals surface area contributed by atoms with Gasteiger partial charge in [0.2, 0.25) is 5.91 Å². The molecule has 1 amide bonds. The summed E-state index contributed by atoms with van der Waals surface area (Å²) >= 11 is 5.98. The second-order valence-electron chi connectivity index (χ2n) is 3.87. The van der Waals surface area contributed by atoms with Crippen LogP contribution in [-0.2, 0) is 11.2 Å². The lowest BCUT2D eigenvalue weighted by Crippen LogP contribution is -2.34. The van der Waals surface area contributed by atoms with Gasteiger partial charge in [-0.1, -0.05) is 29.8 Å². The molecule has 1 aromatic rings. The highest BCUT2D eigenvalue weighted by Crippen LogP contribution is 2.16. The molecule has 0 unspecified atom stereocenters. The summed E-state index contributed by atoms with van der Waals surface area (Å²) in [6, 6.07) is 7.67. The summed E-state index contributed by atoms with van der Waals surface area (Å²) in [4.78, 5) is 13.5. The normalized spacial score (nSPS) is 10.5. The van der Waals surface area contributed by atoms with Crippen molar-refractivity contribution < 1.29 is 4.79 Å². The third-order valence-corrected chi connectivity index (χ3v) is 2.84. The molecule has 0 aliphatic carbocycles. The Morgan fingerprint density at radius 3 is 2.53 bits per heavy atom. The third-order valence-electron chi connectivity index (χ3n) is 2.47. The van der Waals surface area contributed by atoms with E-state index in [9.17, 15) is 4.79 Å². The first-order valence-electron chi connectivity index (χ1n) is 5.01. The molecular formula is C12H16ClNO. The Morgan fingerprint density at radius 1 is 1.40 bits per heavy atom. The van der Waals surface area contributed by atoms with E-state index in [2.05, 4.69) is 0 Å². The zero-order chi connectivity index (χ0) is 11.4. The Bertz CT molecular complexity index is 349. The quantitative estimate of drug-likeness (QED) is 0.775. The molecule has 1 aromatic carbocycles. The Morgan fingerprint density at radius 2 is 2.00 bits per heavy atom. The van der Waals surface area contributed by atoms with Gasteiger partial charge >= 0.3 is 0 Å². The first-order chi connectivity index (χ1) is 7.02. The van der Waals surface area contributed by atoms with Crippen LogP contribution in [0.5, 0.6) is 0 Å². The average molecular weight is 226 g/mol. The number of nitrogens with zero attached hydrogens (tertiary/aromatic N) is 1. The fourth-order valence-electron chi connectivity index (χ4n) is 1.22. The van der Waals surface area contributed by atoms with Crippen LogP contribution in [0.15, 0.2) is 24.3 Å². The van der Waals surface area contributed by atoms with Crippen LogP contribution in [0.4, 0.5) is 0 Å². The van der Waals surface area contributed by atoms with Crippen molar-refractivity contribution in [1.82, 2.24) is 4.90 Å². The van der Waals surface area contributed by atoms with Gasteiger partial charge in [0, 0.05) is 18.1 Å². The monoisotopic (exact) mass is 225 g/mol. The summed E-state index contributed by atoms with van der Waals surface area (Å²) in [5, 5.41) is 0.656. The second kappa shape index (κ2) is 5.17. The van der Waals surface area contributed by atoms with Crippen molar-refractivity contribution >= 4 is 17.5 Å². The molecule has 82 valence electrons. The SMILES string of the molecule is CC(C)N(C)C(=O)Cc1ccccc1Cl. The van der Waals surface area contributed by atoms with Crippen molar-refractivity contribution in [1.29, 1.82) is 0 Å². The van der Waals surface area contributed by atoms with Crippen LogP contribution in [0.2, 0.25) is 5.02 Å². The fraction of sp³-hybridized carbons (Fsp3) is 0.417. The number of hydrogen-bond acceptors (Lipinski definition) is 1. The van der Waals surface area contributed by atoms with Crippen LogP contribution in [-0.4, -0.2) is 23.9 Å². The van der Waals surface area contributed by atoms with Gasteiger partial charge < -0.3 is 4.90 Å². The molecule has 0 heterocycles. The van der Waals surface area contributed by atoms with Gasteiger partial charge in [-0.05, 0) is 25.5 Å². The number of amides is 1. The summed E-state index contributed by atoms with van der Waals surface area (Å²) in [5.41, 5.74) is 0.886. The standard InChI is InChI=1S/C12H16ClNO/c1-9(2)14(3)12(15)8-10-6-4-5-7-11(10)13/h4-7,9H,8H2,1-3H3. The minimum absolute atomic E-state index is 0.0955. The summed E-state index contributed by atoms with van der Waals surface area (Å²) in [7, 11) is 1.81. The minimum Gasteiger partial charge on any atom is -0.343 e. The van der Waals surface area contributed by atoms with Gasteiger partial charge in [0.15, 0.2) is 0 Å². The van der Waals surface area contributed by atoms with E-state index in [4.69, 9.17) is 11.6 Å². The molecule has 0 spiro atoms. The number of halogens is 1. The number of rotatable bonds is 3. The molecule has 0 aromatic heterocycles. The molecule has 15 heavy (non-hydrogen) atoms. The molecule has 0 bridgehead atoms.